The smallest absolute Gasteiger partial charge is 0.323 e. The molecule has 0 atom stereocenters. The highest BCUT2D eigenvalue weighted by Gasteiger charge is 2.25. The lowest BCUT2D eigenvalue weighted by Crippen LogP contribution is -2.38. The number of pyridine rings is 1. The summed E-state index contributed by atoms with van der Waals surface area (Å²) in [5.74, 6) is -0.353. The second kappa shape index (κ2) is 8.96. The summed E-state index contributed by atoms with van der Waals surface area (Å²) in [6, 6.07) is 14.3. The van der Waals surface area contributed by atoms with Crippen LogP contribution in [0.25, 0.3) is 0 Å². The molecule has 2 heterocycles. The number of nitrogens with one attached hydrogen (secondary N) is 1. The van der Waals surface area contributed by atoms with Crippen LogP contribution in [0.2, 0.25) is 0 Å². The highest BCUT2D eigenvalue weighted by atomic mass is 32.2. The van der Waals surface area contributed by atoms with E-state index in [1.165, 1.54) is 24.4 Å². The number of aromatic nitrogens is 1. The summed E-state index contributed by atoms with van der Waals surface area (Å²) in [5.41, 5.74) is 1.67. The highest BCUT2D eigenvalue weighted by Crippen LogP contribution is 2.34. The van der Waals surface area contributed by atoms with Crippen molar-refractivity contribution in [3.63, 3.8) is 0 Å². The maximum atomic E-state index is 14.8. The molecule has 3 aromatic rings. The Balaban J connectivity index is 1.52. The van der Waals surface area contributed by atoms with Gasteiger partial charge >= 0.3 is 6.03 Å². The third kappa shape index (κ3) is 4.88. The van der Waals surface area contributed by atoms with Gasteiger partial charge in [-0.1, -0.05) is 36.4 Å². The van der Waals surface area contributed by atoms with Gasteiger partial charge in [-0.15, -0.1) is 0 Å². The number of anilines is 1. The van der Waals surface area contributed by atoms with Crippen molar-refractivity contribution >= 4 is 21.7 Å². The van der Waals surface area contributed by atoms with Gasteiger partial charge in [0.15, 0.2) is 21.4 Å². The summed E-state index contributed by atoms with van der Waals surface area (Å²) in [5, 5.41) is 2.69. The van der Waals surface area contributed by atoms with Crippen LogP contribution in [0.5, 0.6) is 11.5 Å². The molecule has 1 N–H and O–H groups in total. The molecule has 7 nitrogen and oxygen atoms in total. The zero-order valence-corrected chi connectivity index (χ0v) is 18.2. The Morgan fingerprint density at radius 2 is 1.81 bits per heavy atom. The molecular weight excluding hydrogens is 433 g/mol. The van der Waals surface area contributed by atoms with Gasteiger partial charge < -0.3 is 9.64 Å². The molecule has 0 aliphatic carbocycles. The Morgan fingerprint density at radius 3 is 2.53 bits per heavy atom. The van der Waals surface area contributed by atoms with Crippen LogP contribution >= 0.6 is 0 Å². The van der Waals surface area contributed by atoms with E-state index in [-0.39, 0.29) is 29.8 Å². The van der Waals surface area contributed by atoms with E-state index in [1.54, 1.807) is 35.2 Å². The predicted molar refractivity (Wildman–Crippen MR) is 119 cm³/mol. The molecule has 0 fully saturated rings. The van der Waals surface area contributed by atoms with Crippen molar-refractivity contribution in [1.29, 1.82) is 0 Å². The van der Waals surface area contributed by atoms with E-state index in [0.29, 0.717) is 34.8 Å². The number of halogens is 1. The number of ether oxygens (including phenoxy) is 1. The van der Waals surface area contributed by atoms with Crippen LogP contribution < -0.4 is 10.1 Å². The van der Waals surface area contributed by atoms with Gasteiger partial charge in [-0.2, -0.15) is 0 Å². The lowest BCUT2D eigenvalue weighted by Gasteiger charge is -2.28. The van der Waals surface area contributed by atoms with Crippen LogP contribution in [0.1, 0.15) is 23.6 Å². The second-order valence-corrected chi connectivity index (χ2v) is 9.53. The van der Waals surface area contributed by atoms with Gasteiger partial charge in [-0.3, -0.25) is 5.32 Å². The number of nitrogens with zero attached hydrogens (tertiary/aromatic N) is 2. The Hall–Kier alpha value is -3.46. The van der Waals surface area contributed by atoms with Crippen LogP contribution in [-0.2, 0) is 27.9 Å². The molecule has 32 heavy (non-hydrogen) atoms. The number of hydrogen-bond donors (Lipinski definition) is 1. The average molecular weight is 456 g/mol. The molecule has 0 radical (unpaired) electrons. The van der Waals surface area contributed by atoms with E-state index >= 15 is 0 Å². The molecule has 1 aliphatic rings. The second-order valence-electron chi connectivity index (χ2n) is 7.47. The number of benzene rings is 2. The monoisotopic (exact) mass is 455 g/mol. The zero-order chi connectivity index (χ0) is 22.7. The normalized spacial score (nSPS) is 13.4. The Labute approximate surface area is 185 Å². The largest absolute Gasteiger partial charge is 0.454 e. The van der Waals surface area contributed by atoms with E-state index in [1.807, 2.05) is 13.0 Å². The predicted octanol–water partition coefficient (Wildman–Crippen LogP) is 4.50. The van der Waals surface area contributed by atoms with Gasteiger partial charge in [-0.05, 0) is 36.2 Å². The molecular formula is C23H22FN3O4S. The summed E-state index contributed by atoms with van der Waals surface area (Å²) in [7, 11) is -3.46. The van der Waals surface area contributed by atoms with Gasteiger partial charge in [-0.25, -0.2) is 22.6 Å². The number of hydrogen-bond acceptors (Lipinski definition) is 5. The Kier molecular flexibility index (Phi) is 6.09. The van der Waals surface area contributed by atoms with Crippen molar-refractivity contribution < 1.29 is 22.3 Å². The number of carbonyl (C=O) groups is 1. The number of fused-ring (bicyclic) bond motifs is 1. The van der Waals surface area contributed by atoms with Crippen molar-refractivity contribution in [2.45, 2.75) is 25.0 Å². The maximum Gasteiger partial charge on any atom is 0.323 e. The molecule has 1 aliphatic heterocycles. The van der Waals surface area contributed by atoms with Crippen molar-refractivity contribution in [3.05, 3.63) is 83.3 Å². The first-order valence-electron chi connectivity index (χ1n) is 10.1. The fraction of sp³-hybridized carbons (Fsp3) is 0.217. The van der Waals surface area contributed by atoms with Crippen molar-refractivity contribution in [2.75, 3.05) is 11.9 Å². The summed E-state index contributed by atoms with van der Waals surface area (Å²) in [6.07, 6.45) is 1.47. The molecule has 0 unspecified atom stereocenters. The molecule has 2 amide bonds. The number of urea groups is 1. The lowest BCUT2D eigenvalue weighted by atomic mass is 10.2. The summed E-state index contributed by atoms with van der Waals surface area (Å²) in [6.45, 7) is 2.64. The van der Waals surface area contributed by atoms with E-state index < -0.39 is 15.7 Å². The van der Waals surface area contributed by atoms with Crippen LogP contribution in [0, 0.1) is 5.82 Å². The maximum absolute atomic E-state index is 14.8. The van der Waals surface area contributed by atoms with Gasteiger partial charge in [0.1, 0.15) is 11.6 Å². The Bertz CT molecular complexity index is 1250. The van der Waals surface area contributed by atoms with Crippen molar-refractivity contribution in [1.82, 2.24) is 9.88 Å². The quantitative estimate of drug-likeness (QED) is 0.567. The highest BCUT2D eigenvalue weighted by molar-refractivity contribution is 7.89. The molecule has 0 spiro atoms. The molecule has 9 heteroatoms. The minimum Gasteiger partial charge on any atom is -0.454 e. The lowest BCUT2D eigenvalue weighted by molar-refractivity contribution is 0.209. The molecule has 0 saturated carbocycles. The first-order chi connectivity index (χ1) is 15.3. The molecule has 0 saturated heterocycles. The van der Waals surface area contributed by atoms with Crippen molar-refractivity contribution in [3.8, 4) is 11.5 Å². The zero-order valence-electron chi connectivity index (χ0n) is 17.4. The minimum absolute atomic E-state index is 0.0393. The van der Waals surface area contributed by atoms with E-state index in [9.17, 15) is 17.6 Å². The first-order valence-corrected chi connectivity index (χ1v) is 11.9. The molecule has 0 bridgehead atoms. The van der Waals surface area contributed by atoms with Gasteiger partial charge in [0.2, 0.25) is 0 Å². The number of amides is 2. The summed E-state index contributed by atoms with van der Waals surface area (Å²) in [4.78, 5) is 17.7. The van der Waals surface area contributed by atoms with E-state index in [0.717, 1.165) is 0 Å². The van der Waals surface area contributed by atoms with Gasteiger partial charge in [0.05, 0.1) is 23.6 Å². The molecule has 1 aromatic heterocycles. The number of rotatable bonds is 7. The van der Waals surface area contributed by atoms with Crippen LogP contribution in [0.15, 0.2) is 60.8 Å². The third-order valence-electron chi connectivity index (χ3n) is 5.09. The van der Waals surface area contributed by atoms with Gasteiger partial charge in [0, 0.05) is 12.7 Å². The average Bonchev–Trinajstić information content (AvgIpc) is 2.75. The summed E-state index contributed by atoms with van der Waals surface area (Å²) < 4.78 is 45.5. The van der Waals surface area contributed by atoms with Crippen molar-refractivity contribution in [2.24, 2.45) is 0 Å². The standard InChI is InChI=1S/C23H22FN3O4S/c1-2-27-13-18-20(10-11-25-22(18)26-23(27)28)31-21-9-8-17(12-19(21)24)15-32(29,30)14-16-6-4-3-5-7-16/h3-12H,2,13-15H2,1H3,(H,25,26,28). The topological polar surface area (TPSA) is 88.6 Å². The third-order valence-corrected chi connectivity index (χ3v) is 6.63. The fourth-order valence-corrected chi connectivity index (χ4v) is 4.99. The minimum atomic E-state index is -3.46. The molecule has 4 rings (SSSR count). The van der Waals surface area contributed by atoms with Crippen LogP contribution in [-0.4, -0.2) is 30.9 Å². The molecule has 2 aromatic carbocycles. The van der Waals surface area contributed by atoms with Crippen LogP contribution in [0.3, 0.4) is 0 Å². The summed E-state index contributed by atoms with van der Waals surface area (Å²) >= 11 is 0. The number of sulfone groups is 1. The van der Waals surface area contributed by atoms with E-state index in [2.05, 4.69) is 10.3 Å². The first kappa shape index (κ1) is 21.8. The van der Waals surface area contributed by atoms with E-state index in [4.69, 9.17) is 4.74 Å². The molecule has 166 valence electrons. The number of carbonyl (C=O) groups excluding carboxylic acids is 1. The van der Waals surface area contributed by atoms with Crippen LogP contribution in [0.4, 0.5) is 15.0 Å². The Morgan fingerprint density at radius 1 is 1.06 bits per heavy atom. The fourth-order valence-electron chi connectivity index (χ4n) is 3.50. The SMILES string of the molecule is CCN1Cc2c(Oc3ccc(CS(=O)(=O)Cc4ccccc4)cc3F)ccnc2NC1=O. The van der Waals surface area contributed by atoms with Gasteiger partial charge in [0.25, 0.3) is 0 Å².